The molecular weight excluding hydrogens is 224 g/mol. The molecule has 0 saturated carbocycles. The Morgan fingerprint density at radius 3 is 2.17 bits per heavy atom. The molecule has 2 nitrogen and oxygen atoms in total. The normalized spacial score (nSPS) is 11.2. The van der Waals surface area contributed by atoms with Gasteiger partial charge in [0, 0.05) is 6.42 Å². The maximum atomic E-state index is 9.23. The lowest BCUT2D eigenvalue weighted by Gasteiger charge is -2.26. The van der Waals surface area contributed by atoms with Gasteiger partial charge in [0.1, 0.15) is 17.1 Å². The molecule has 0 heterocycles. The molecule has 2 rings (SSSR count). The average molecular weight is 242 g/mol. The largest absolute Gasteiger partial charge is 0.508 e. The summed E-state index contributed by atoms with van der Waals surface area (Å²) < 4.78 is 5.95. The molecule has 0 unspecified atom stereocenters. The van der Waals surface area contributed by atoms with Crippen molar-refractivity contribution >= 4 is 0 Å². The zero-order chi connectivity index (χ0) is 13.0. The Morgan fingerprint density at radius 1 is 0.944 bits per heavy atom. The number of ether oxygens (including phenoxy) is 1. The van der Waals surface area contributed by atoms with E-state index in [4.69, 9.17) is 4.74 Å². The zero-order valence-corrected chi connectivity index (χ0v) is 10.8. The van der Waals surface area contributed by atoms with Gasteiger partial charge in [0.05, 0.1) is 0 Å². The molecule has 0 fully saturated rings. The van der Waals surface area contributed by atoms with Gasteiger partial charge in [0.25, 0.3) is 0 Å². The predicted octanol–water partition coefficient (Wildman–Crippen LogP) is 3.79. The van der Waals surface area contributed by atoms with Crippen LogP contribution in [0.1, 0.15) is 19.4 Å². The SMILES string of the molecule is CC(C)(Cc1ccccc1)Oc1ccc(O)cc1. The summed E-state index contributed by atoms with van der Waals surface area (Å²) >= 11 is 0. The van der Waals surface area contributed by atoms with E-state index in [9.17, 15) is 5.11 Å². The van der Waals surface area contributed by atoms with Crippen LogP contribution in [0.4, 0.5) is 0 Å². The quantitative estimate of drug-likeness (QED) is 0.883. The van der Waals surface area contributed by atoms with E-state index in [2.05, 4.69) is 26.0 Å². The third-order valence-corrected chi connectivity index (χ3v) is 2.70. The van der Waals surface area contributed by atoms with Crippen molar-refractivity contribution in [2.45, 2.75) is 25.9 Å². The first-order valence-corrected chi connectivity index (χ1v) is 6.07. The van der Waals surface area contributed by atoms with Crippen molar-refractivity contribution < 1.29 is 9.84 Å². The van der Waals surface area contributed by atoms with Gasteiger partial charge in [-0.3, -0.25) is 0 Å². The molecule has 0 radical (unpaired) electrons. The summed E-state index contributed by atoms with van der Waals surface area (Å²) in [5.41, 5.74) is 0.972. The maximum absolute atomic E-state index is 9.23. The highest BCUT2D eigenvalue weighted by atomic mass is 16.5. The highest BCUT2D eigenvalue weighted by Crippen LogP contribution is 2.23. The Kier molecular flexibility index (Phi) is 3.56. The first kappa shape index (κ1) is 12.5. The molecule has 0 aliphatic carbocycles. The van der Waals surface area contributed by atoms with Crippen molar-refractivity contribution in [1.29, 1.82) is 0 Å². The molecule has 0 bridgehead atoms. The first-order chi connectivity index (χ1) is 8.55. The zero-order valence-electron chi connectivity index (χ0n) is 10.8. The van der Waals surface area contributed by atoms with Crippen LogP contribution in [0, 0.1) is 0 Å². The van der Waals surface area contributed by atoms with Gasteiger partial charge < -0.3 is 9.84 Å². The van der Waals surface area contributed by atoms with E-state index in [0.29, 0.717) is 0 Å². The van der Waals surface area contributed by atoms with Crippen LogP contribution in [0.3, 0.4) is 0 Å². The Hall–Kier alpha value is -1.96. The Labute approximate surface area is 108 Å². The second-order valence-electron chi connectivity index (χ2n) is 5.02. The fourth-order valence-electron chi connectivity index (χ4n) is 1.96. The van der Waals surface area contributed by atoms with E-state index in [1.54, 1.807) is 24.3 Å². The van der Waals surface area contributed by atoms with Crippen LogP contribution in [0.2, 0.25) is 0 Å². The van der Waals surface area contributed by atoms with Gasteiger partial charge >= 0.3 is 0 Å². The van der Waals surface area contributed by atoms with Gasteiger partial charge in [0.15, 0.2) is 0 Å². The highest BCUT2D eigenvalue weighted by Gasteiger charge is 2.20. The summed E-state index contributed by atoms with van der Waals surface area (Å²) in [6.45, 7) is 4.12. The smallest absolute Gasteiger partial charge is 0.120 e. The number of aromatic hydroxyl groups is 1. The lowest BCUT2D eigenvalue weighted by molar-refractivity contribution is 0.110. The maximum Gasteiger partial charge on any atom is 0.120 e. The molecule has 94 valence electrons. The molecule has 2 aromatic rings. The van der Waals surface area contributed by atoms with Crippen LogP contribution in [-0.4, -0.2) is 10.7 Å². The highest BCUT2D eigenvalue weighted by molar-refractivity contribution is 5.30. The number of phenolic OH excluding ortho intramolecular Hbond substituents is 1. The van der Waals surface area contributed by atoms with Crippen molar-refractivity contribution in [3.8, 4) is 11.5 Å². The molecule has 0 aliphatic heterocycles. The van der Waals surface area contributed by atoms with E-state index >= 15 is 0 Å². The van der Waals surface area contributed by atoms with Crippen LogP contribution in [-0.2, 0) is 6.42 Å². The van der Waals surface area contributed by atoms with E-state index in [0.717, 1.165) is 12.2 Å². The lowest BCUT2D eigenvalue weighted by atomic mass is 9.98. The second kappa shape index (κ2) is 5.13. The Balaban J connectivity index is 2.05. The minimum Gasteiger partial charge on any atom is -0.508 e. The molecule has 0 amide bonds. The monoisotopic (exact) mass is 242 g/mol. The third-order valence-electron chi connectivity index (χ3n) is 2.70. The molecule has 2 heteroatoms. The van der Waals surface area contributed by atoms with Gasteiger partial charge in [-0.05, 0) is 43.7 Å². The summed E-state index contributed by atoms with van der Waals surface area (Å²) in [6.07, 6.45) is 0.842. The summed E-state index contributed by atoms with van der Waals surface area (Å²) in [5.74, 6) is 1.02. The summed E-state index contributed by atoms with van der Waals surface area (Å²) in [7, 11) is 0. The van der Waals surface area contributed by atoms with Crippen molar-refractivity contribution in [3.63, 3.8) is 0 Å². The number of hydrogen-bond acceptors (Lipinski definition) is 2. The van der Waals surface area contributed by atoms with Crippen molar-refractivity contribution in [3.05, 3.63) is 60.2 Å². The Morgan fingerprint density at radius 2 is 1.56 bits per heavy atom. The topological polar surface area (TPSA) is 29.5 Å². The average Bonchev–Trinajstić information content (AvgIpc) is 2.32. The van der Waals surface area contributed by atoms with Crippen LogP contribution in [0.25, 0.3) is 0 Å². The third kappa shape index (κ3) is 3.52. The molecule has 0 aliphatic rings. The minimum absolute atomic E-state index is 0.253. The summed E-state index contributed by atoms with van der Waals surface area (Å²) in [4.78, 5) is 0. The Bertz CT molecular complexity index is 486. The molecule has 0 spiro atoms. The molecule has 0 saturated heterocycles. The first-order valence-electron chi connectivity index (χ1n) is 6.07. The molecule has 2 aromatic carbocycles. The number of benzene rings is 2. The fraction of sp³-hybridized carbons (Fsp3) is 0.250. The van der Waals surface area contributed by atoms with Crippen LogP contribution < -0.4 is 4.74 Å². The summed E-state index contributed by atoms with van der Waals surface area (Å²) in [5, 5.41) is 9.23. The van der Waals surface area contributed by atoms with Gasteiger partial charge in [-0.15, -0.1) is 0 Å². The molecule has 18 heavy (non-hydrogen) atoms. The van der Waals surface area contributed by atoms with Gasteiger partial charge in [0.2, 0.25) is 0 Å². The fourth-order valence-corrected chi connectivity index (χ4v) is 1.96. The molecular formula is C16H18O2. The van der Waals surface area contributed by atoms with Gasteiger partial charge in [-0.25, -0.2) is 0 Å². The standard InChI is InChI=1S/C16H18O2/c1-16(2,12-13-6-4-3-5-7-13)18-15-10-8-14(17)9-11-15/h3-11,17H,12H2,1-2H3. The molecule has 0 aromatic heterocycles. The predicted molar refractivity (Wildman–Crippen MR) is 73.0 cm³/mol. The lowest BCUT2D eigenvalue weighted by Crippen LogP contribution is -2.30. The minimum atomic E-state index is -0.279. The number of phenols is 1. The van der Waals surface area contributed by atoms with Crippen molar-refractivity contribution in [2.24, 2.45) is 0 Å². The second-order valence-corrected chi connectivity index (χ2v) is 5.02. The van der Waals surface area contributed by atoms with E-state index in [1.165, 1.54) is 5.56 Å². The number of hydrogen-bond donors (Lipinski definition) is 1. The van der Waals surface area contributed by atoms with E-state index < -0.39 is 0 Å². The number of rotatable bonds is 4. The summed E-state index contributed by atoms with van der Waals surface area (Å²) in [6, 6.07) is 17.1. The van der Waals surface area contributed by atoms with Gasteiger partial charge in [-0.1, -0.05) is 30.3 Å². The van der Waals surface area contributed by atoms with Crippen LogP contribution in [0.5, 0.6) is 11.5 Å². The molecule has 1 N–H and O–H groups in total. The molecule has 0 atom stereocenters. The van der Waals surface area contributed by atoms with Gasteiger partial charge in [-0.2, -0.15) is 0 Å². The van der Waals surface area contributed by atoms with Crippen LogP contribution in [0.15, 0.2) is 54.6 Å². The van der Waals surface area contributed by atoms with Crippen LogP contribution >= 0.6 is 0 Å². The van der Waals surface area contributed by atoms with Crippen molar-refractivity contribution in [1.82, 2.24) is 0 Å². The van der Waals surface area contributed by atoms with E-state index in [-0.39, 0.29) is 11.4 Å². The van der Waals surface area contributed by atoms with E-state index in [1.807, 2.05) is 18.2 Å². The van der Waals surface area contributed by atoms with Crippen molar-refractivity contribution in [2.75, 3.05) is 0 Å².